The number of rotatable bonds is 6. The Morgan fingerprint density at radius 1 is 1.50 bits per heavy atom. The first-order chi connectivity index (χ1) is 6.31. The first-order valence-corrected chi connectivity index (χ1v) is 4.33. The van der Waals surface area contributed by atoms with Crippen LogP contribution in [0.5, 0.6) is 0 Å². The van der Waals surface area contributed by atoms with Crippen LogP contribution in [0, 0.1) is 0 Å². The van der Waals surface area contributed by atoms with Crippen molar-refractivity contribution < 1.29 is 17.9 Å². The van der Waals surface area contributed by atoms with E-state index in [1.165, 1.54) is 0 Å². The number of hydrogen-bond acceptors (Lipinski definition) is 3. The molecule has 0 radical (unpaired) electrons. The quantitative estimate of drug-likeness (QED) is 0.540. The molecule has 0 unspecified atom stereocenters. The van der Waals surface area contributed by atoms with Gasteiger partial charge in [0, 0.05) is 13.1 Å². The highest BCUT2D eigenvalue weighted by Gasteiger charge is 2.27. The van der Waals surface area contributed by atoms with E-state index in [1.807, 2.05) is 0 Å². The number of likely N-dealkylation sites (N-methyl/N-ethyl adjacent to an activating group) is 1. The predicted octanol–water partition coefficient (Wildman–Crippen LogP) is 0.783. The number of hydrogen-bond donors (Lipinski definition) is 1. The summed E-state index contributed by atoms with van der Waals surface area (Å²) in [6.07, 6.45) is -4.26. The highest BCUT2D eigenvalue weighted by atomic mass is 32.1. The largest absolute Gasteiger partial charge is 0.411 e. The van der Waals surface area contributed by atoms with Crippen molar-refractivity contribution in [3.8, 4) is 0 Å². The fourth-order valence-electron chi connectivity index (χ4n) is 0.753. The summed E-state index contributed by atoms with van der Waals surface area (Å²) in [5.74, 6) is 0. The zero-order valence-electron chi connectivity index (χ0n) is 7.80. The highest BCUT2D eigenvalue weighted by molar-refractivity contribution is 7.80. The molecule has 3 nitrogen and oxygen atoms in total. The summed E-state index contributed by atoms with van der Waals surface area (Å²) in [5.41, 5.74) is 5.24. The summed E-state index contributed by atoms with van der Waals surface area (Å²) in [6, 6.07) is 0. The van der Waals surface area contributed by atoms with Crippen molar-refractivity contribution in [2.45, 2.75) is 6.18 Å². The van der Waals surface area contributed by atoms with Gasteiger partial charge in [0.05, 0.1) is 11.6 Å². The molecule has 0 aliphatic heterocycles. The normalized spacial score (nSPS) is 12.1. The maximum Gasteiger partial charge on any atom is 0.411 e. The Morgan fingerprint density at radius 2 is 2.07 bits per heavy atom. The standard InChI is InChI=1S/C7H13F3N2OS/c1-12(4-6(11)14)2-3-13-5-7(8,9)10/h2-5H2,1H3,(H2,11,14). The molecule has 0 aromatic rings. The zero-order chi connectivity index (χ0) is 11.2. The fraction of sp³-hybridized carbons (Fsp3) is 0.857. The smallest absolute Gasteiger partial charge is 0.392 e. The second-order valence-electron chi connectivity index (χ2n) is 2.87. The van der Waals surface area contributed by atoms with Crippen LogP contribution in [-0.2, 0) is 4.74 Å². The Kier molecular flexibility index (Phi) is 5.98. The van der Waals surface area contributed by atoms with Crippen molar-refractivity contribution in [3.05, 3.63) is 0 Å². The Hall–Kier alpha value is -0.400. The predicted molar refractivity (Wildman–Crippen MR) is 51.2 cm³/mol. The van der Waals surface area contributed by atoms with Crippen LogP contribution in [0.1, 0.15) is 0 Å². The lowest BCUT2D eigenvalue weighted by Gasteiger charge is -2.15. The zero-order valence-corrected chi connectivity index (χ0v) is 8.62. The molecule has 0 heterocycles. The van der Waals surface area contributed by atoms with Gasteiger partial charge in [0.2, 0.25) is 0 Å². The molecule has 0 saturated carbocycles. The van der Waals surface area contributed by atoms with Crippen LogP contribution >= 0.6 is 12.2 Å². The van der Waals surface area contributed by atoms with Gasteiger partial charge in [-0.2, -0.15) is 13.2 Å². The summed E-state index contributed by atoms with van der Waals surface area (Å²) < 4.78 is 39.2. The van der Waals surface area contributed by atoms with E-state index in [0.717, 1.165) is 0 Å². The van der Waals surface area contributed by atoms with Gasteiger partial charge in [-0.1, -0.05) is 12.2 Å². The first kappa shape index (κ1) is 13.6. The molecule has 0 bridgehead atoms. The molecule has 14 heavy (non-hydrogen) atoms. The molecule has 0 atom stereocenters. The van der Waals surface area contributed by atoms with Crippen LogP contribution in [0.4, 0.5) is 13.2 Å². The lowest BCUT2D eigenvalue weighted by Crippen LogP contribution is -2.32. The third-order valence-corrected chi connectivity index (χ3v) is 1.44. The van der Waals surface area contributed by atoms with E-state index in [1.54, 1.807) is 11.9 Å². The van der Waals surface area contributed by atoms with Gasteiger partial charge in [-0.3, -0.25) is 4.90 Å². The fourth-order valence-corrected chi connectivity index (χ4v) is 0.974. The Labute approximate surface area is 86.0 Å². The molecule has 2 N–H and O–H groups in total. The third kappa shape index (κ3) is 9.69. The minimum absolute atomic E-state index is 0.0125. The molecule has 7 heteroatoms. The minimum Gasteiger partial charge on any atom is -0.392 e. The Bertz CT molecular complexity index is 186. The number of nitrogens with two attached hydrogens (primary N) is 1. The van der Waals surface area contributed by atoms with Crippen molar-refractivity contribution in [1.29, 1.82) is 0 Å². The minimum atomic E-state index is -4.26. The molecular weight excluding hydrogens is 217 g/mol. The van der Waals surface area contributed by atoms with Crippen molar-refractivity contribution in [3.63, 3.8) is 0 Å². The van der Waals surface area contributed by atoms with E-state index in [0.29, 0.717) is 18.1 Å². The van der Waals surface area contributed by atoms with Gasteiger partial charge in [0.25, 0.3) is 0 Å². The summed E-state index contributed by atoms with van der Waals surface area (Å²) >= 11 is 4.63. The van der Waals surface area contributed by atoms with Crippen molar-refractivity contribution in [1.82, 2.24) is 4.90 Å². The van der Waals surface area contributed by atoms with Gasteiger partial charge in [0.1, 0.15) is 6.61 Å². The lowest BCUT2D eigenvalue weighted by molar-refractivity contribution is -0.174. The number of halogens is 3. The molecule has 84 valence electrons. The molecule has 0 aromatic heterocycles. The maximum absolute atomic E-state index is 11.6. The number of alkyl halides is 3. The monoisotopic (exact) mass is 230 g/mol. The molecule has 0 aliphatic carbocycles. The number of thiocarbonyl (C=S) groups is 1. The summed E-state index contributed by atoms with van der Waals surface area (Å²) in [5, 5.41) is 0. The first-order valence-electron chi connectivity index (χ1n) is 3.92. The molecule has 0 saturated heterocycles. The molecule has 0 aliphatic rings. The van der Waals surface area contributed by atoms with Gasteiger partial charge in [-0.15, -0.1) is 0 Å². The van der Waals surface area contributed by atoms with E-state index >= 15 is 0 Å². The van der Waals surface area contributed by atoms with Crippen molar-refractivity contribution >= 4 is 17.2 Å². The molecule has 0 fully saturated rings. The van der Waals surface area contributed by atoms with Crippen molar-refractivity contribution in [2.75, 3.05) is 33.4 Å². The van der Waals surface area contributed by atoms with Crippen LogP contribution in [0.2, 0.25) is 0 Å². The third-order valence-electron chi connectivity index (χ3n) is 1.31. The lowest BCUT2D eigenvalue weighted by atomic mass is 10.5. The van der Waals surface area contributed by atoms with E-state index in [9.17, 15) is 13.2 Å². The second-order valence-corrected chi connectivity index (χ2v) is 3.40. The van der Waals surface area contributed by atoms with E-state index in [4.69, 9.17) is 5.73 Å². The van der Waals surface area contributed by atoms with Crippen molar-refractivity contribution in [2.24, 2.45) is 5.73 Å². The highest BCUT2D eigenvalue weighted by Crippen LogP contribution is 2.13. The molecule has 0 rings (SSSR count). The molecule has 0 aromatic carbocycles. The number of ether oxygens (including phenoxy) is 1. The molecule has 0 amide bonds. The van der Waals surface area contributed by atoms with E-state index in [-0.39, 0.29) is 6.61 Å². The van der Waals surface area contributed by atoms with Gasteiger partial charge >= 0.3 is 6.18 Å². The average Bonchev–Trinajstić information content (AvgIpc) is 1.95. The summed E-state index contributed by atoms with van der Waals surface area (Å²) in [6.45, 7) is -0.454. The van der Waals surface area contributed by atoms with E-state index in [2.05, 4.69) is 17.0 Å². The van der Waals surface area contributed by atoms with Crippen LogP contribution < -0.4 is 5.73 Å². The Balaban J connectivity index is 3.41. The second kappa shape index (κ2) is 6.15. The summed E-state index contributed by atoms with van der Waals surface area (Å²) in [7, 11) is 1.70. The van der Waals surface area contributed by atoms with Gasteiger partial charge in [-0.05, 0) is 7.05 Å². The van der Waals surface area contributed by atoms with Crippen LogP contribution in [0.15, 0.2) is 0 Å². The van der Waals surface area contributed by atoms with Crippen LogP contribution in [0.25, 0.3) is 0 Å². The summed E-state index contributed by atoms with van der Waals surface area (Å²) in [4.78, 5) is 2.00. The average molecular weight is 230 g/mol. The Morgan fingerprint density at radius 3 is 2.50 bits per heavy atom. The van der Waals surface area contributed by atoms with E-state index < -0.39 is 12.8 Å². The van der Waals surface area contributed by atoms with Crippen LogP contribution in [0.3, 0.4) is 0 Å². The van der Waals surface area contributed by atoms with Gasteiger partial charge in [0.15, 0.2) is 0 Å². The number of nitrogens with zero attached hydrogens (tertiary/aromatic N) is 1. The van der Waals surface area contributed by atoms with Gasteiger partial charge < -0.3 is 10.5 Å². The topological polar surface area (TPSA) is 38.5 Å². The molecule has 0 spiro atoms. The SMILES string of the molecule is CN(CCOCC(F)(F)F)CC(N)=S. The van der Waals surface area contributed by atoms with Gasteiger partial charge in [-0.25, -0.2) is 0 Å². The molecular formula is C7H13F3N2OS. The maximum atomic E-state index is 11.6. The van der Waals surface area contributed by atoms with Crippen LogP contribution in [-0.4, -0.2) is 49.4 Å².